The van der Waals surface area contributed by atoms with Crippen molar-refractivity contribution < 1.29 is 58.9 Å². The summed E-state index contributed by atoms with van der Waals surface area (Å²) in [6.07, 6.45) is 12.1. The van der Waals surface area contributed by atoms with Crippen molar-refractivity contribution in [2.45, 2.75) is 178 Å². The molecule has 1 saturated heterocycles. The van der Waals surface area contributed by atoms with Crippen molar-refractivity contribution in [2.75, 3.05) is 20.2 Å². The lowest BCUT2D eigenvalue weighted by Gasteiger charge is -2.75. The smallest absolute Gasteiger partial charge is 0.349 e. The number of aromatic hydroxyl groups is 1. The Labute approximate surface area is 342 Å². The number of benzene rings is 1. The summed E-state index contributed by atoms with van der Waals surface area (Å²) in [4.78, 5) is 47.6. The predicted molar refractivity (Wildman–Crippen MR) is 214 cm³/mol. The minimum absolute atomic E-state index is 0.0294. The van der Waals surface area contributed by atoms with Crippen LogP contribution in [0.15, 0.2) is 12.1 Å². The molecule has 4 saturated carbocycles. The number of unbranched alkanes of at least 4 members (excludes halogenated alkanes) is 6. The number of carbonyl (C=O) groups excluding carboxylic acids is 1. The maximum absolute atomic E-state index is 12.2. The van der Waals surface area contributed by atoms with Crippen molar-refractivity contribution in [3.8, 4) is 11.5 Å². The quantitative estimate of drug-likeness (QED) is 0.0762. The Hall–Kier alpha value is -3.42. The van der Waals surface area contributed by atoms with Crippen molar-refractivity contribution in [1.82, 2.24) is 4.90 Å². The molecule has 1 aromatic rings. The van der Waals surface area contributed by atoms with E-state index in [9.17, 15) is 29.4 Å². The third-order valence-corrected chi connectivity index (χ3v) is 15.4. The Bertz CT molecular complexity index is 1720. The Kier molecular flexibility index (Phi) is 12.3. The van der Waals surface area contributed by atoms with E-state index in [1.807, 2.05) is 20.1 Å². The Morgan fingerprint density at radius 2 is 1.55 bits per heavy atom. The summed E-state index contributed by atoms with van der Waals surface area (Å²) in [5, 5.41) is 49.9. The fraction of sp³-hybridized carbons (Fsp3) is 0.778. The first-order valence-electron chi connectivity index (χ1n) is 21.7. The molecule has 2 heterocycles. The van der Waals surface area contributed by atoms with E-state index in [2.05, 4.69) is 38.7 Å². The van der Waals surface area contributed by atoms with Crippen LogP contribution in [0.5, 0.6) is 11.5 Å². The molecule has 7 atom stereocenters. The van der Waals surface area contributed by atoms with E-state index in [0.717, 1.165) is 83.1 Å². The van der Waals surface area contributed by atoms with Crippen LogP contribution in [-0.2, 0) is 40.5 Å². The number of phenols is 1. The van der Waals surface area contributed by atoms with Crippen molar-refractivity contribution >= 4 is 23.9 Å². The molecule has 8 rings (SSSR count). The van der Waals surface area contributed by atoms with Gasteiger partial charge in [-0.3, -0.25) is 19.3 Å². The van der Waals surface area contributed by atoms with Gasteiger partial charge in [0.15, 0.2) is 11.5 Å². The number of carboxylic acids is 3. The van der Waals surface area contributed by atoms with Crippen LogP contribution in [-0.4, -0.2) is 103 Å². The number of ether oxygens (including phenoxy) is 3. The normalized spacial score (nSPS) is 30.3. The van der Waals surface area contributed by atoms with Crippen molar-refractivity contribution in [1.29, 1.82) is 0 Å². The molecule has 13 nitrogen and oxygen atoms in total. The number of fused-ring (bicyclic) bond motifs is 2. The van der Waals surface area contributed by atoms with Crippen molar-refractivity contribution in [3.63, 3.8) is 0 Å². The van der Waals surface area contributed by atoms with Gasteiger partial charge < -0.3 is 39.7 Å². The van der Waals surface area contributed by atoms with Gasteiger partial charge in [0.05, 0.1) is 18.4 Å². The van der Waals surface area contributed by atoms with Crippen LogP contribution >= 0.6 is 0 Å². The SMILES string of the molecule is CCCCCCCCCC(=O)OC(CC(=O)O)(CC(=O)O)C(=O)O.CO[C@@]12CC[C@@]3(C[C@@H]1[C@](C)(O)C(C)(C)C)[C@H]1Cc4ccc(O)c5c4[C@@]3(CCN1CC1CC1)[C@H]2O5. The molecule has 1 aromatic carbocycles. The number of carboxylic acid groups (broad SMARTS) is 3. The number of methoxy groups -OCH3 is 1. The molecule has 2 aliphatic heterocycles. The second-order valence-electron chi connectivity index (χ2n) is 19.6. The van der Waals surface area contributed by atoms with E-state index in [4.69, 9.17) is 29.5 Å². The molecule has 7 aliphatic rings. The van der Waals surface area contributed by atoms with E-state index in [1.165, 1.54) is 30.5 Å². The number of esters is 1. The summed E-state index contributed by atoms with van der Waals surface area (Å²) in [6.45, 7) is 12.9. The molecule has 0 amide bonds. The van der Waals surface area contributed by atoms with E-state index < -0.39 is 53.5 Å². The number of piperidine rings is 1. The van der Waals surface area contributed by atoms with Gasteiger partial charge in [-0.2, -0.15) is 0 Å². The fourth-order valence-electron chi connectivity index (χ4n) is 11.9. The number of nitrogens with zero attached hydrogens (tertiary/aromatic N) is 1. The lowest BCUT2D eigenvalue weighted by molar-refractivity contribution is -0.312. The van der Waals surface area contributed by atoms with E-state index in [-0.39, 0.29) is 40.4 Å². The molecule has 0 radical (unpaired) electrons. The monoisotopic (exact) mass is 813 g/mol. The first-order chi connectivity index (χ1) is 27.2. The lowest BCUT2D eigenvalue weighted by atomic mass is 9.33. The summed E-state index contributed by atoms with van der Waals surface area (Å²) >= 11 is 0. The van der Waals surface area contributed by atoms with Crippen LogP contribution in [0.3, 0.4) is 0 Å². The lowest BCUT2D eigenvalue weighted by Crippen LogP contribution is -2.83. The third-order valence-electron chi connectivity index (χ3n) is 15.4. The van der Waals surface area contributed by atoms with Gasteiger partial charge in [-0.25, -0.2) is 4.79 Å². The Morgan fingerprint density at radius 1 is 0.914 bits per heavy atom. The summed E-state index contributed by atoms with van der Waals surface area (Å²) in [7, 11) is 1.83. The molecule has 2 spiro atoms. The zero-order chi connectivity index (χ0) is 42.5. The highest BCUT2D eigenvalue weighted by Gasteiger charge is 2.82. The van der Waals surface area contributed by atoms with Gasteiger partial charge in [0, 0.05) is 48.4 Å². The maximum atomic E-state index is 12.2. The van der Waals surface area contributed by atoms with E-state index in [1.54, 1.807) is 0 Å². The van der Waals surface area contributed by atoms with Gasteiger partial charge in [-0.15, -0.1) is 0 Å². The number of hydrogen-bond donors (Lipinski definition) is 5. The third kappa shape index (κ3) is 7.39. The number of carbonyl (C=O) groups is 4. The molecule has 58 heavy (non-hydrogen) atoms. The number of likely N-dealkylation sites (tertiary alicyclic amines) is 1. The minimum atomic E-state index is -2.57. The van der Waals surface area contributed by atoms with Crippen LogP contribution in [0.1, 0.15) is 148 Å². The second-order valence-corrected chi connectivity index (χ2v) is 19.6. The standard InChI is InChI=1S/C29H41NO4.C16H26O8/c1-25(2,3)26(4,32)20-15-27-10-11-29(20,33-5)24-28(27)12-13-30(16-17-6-7-17)21(27)14-18-8-9-19(31)23(34-24)22(18)28;1-2-3-4-5-6-7-8-9-14(21)24-16(15(22)23,10-12(17)18)11-13(19)20/h8-9,17,20-21,24,31-32H,6-7,10-16H2,1-5H3;2-11H2,1H3,(H,17,18)(H,19,20)(H,22,23)/t20-,21-,24-,26+,27-,28+,29+;/m1./s1. The summed E-state index contributed by atoms with van der Waals surface area (Å²) in [5.74, 6) is -3.98. The molecule has 13 heteroatoms. The van der Waals surface area contributed by atoms with Gasteiger partial charge in [0.25, 0.3) is 0 Å². The van der Waals surface area contributed by atoms with Crippen molar-refractivity contribution in [2.24, 2.45) is 22.7 Å². The van der Waals surface area contributed by atoms with Crippen LogP contribution in [0.4, 0.5) is 0 Å². The van der Waals surface area contributed by atoms with Crippen molar-refractivity contribution in [3.05, 3.63) is 23.3 Å². The molecule has 0 unspecified atom stereocenters. The molecule has 5 fully saturated rings. The van der Waals surface area contributed by atoms with Gasteiger partial charge >= 0.3 is 23.9 Å². The molecule has 4 bridgehead atoms. The summed E-state index contributed by atoms with van der Waals surface area (Å²) < 4.78 is 18.2. The fourth-order valence-corrected chi connectivity index (χ4v) is 11.9. The highest BCUT2D eigenvalue weighted by molar-refractivity contribution is 5.90. The average molecular weight is 814 g/mol. The topological polar surface area (TPSA) is 200 Å². The Balaban J connectivity index is 0.000000211. The zero-order valence-corrected chi connectivity index (χ0v) is 35.4. The average Bonchev–Trinajstić information content (AvgIpc) is 3.89. The van der Waals surface area contributed by atoms with Gasteiger partial charge in [-0.1, -0.05) is 72.3 Å². The largest absolute Gasteiger partial charge is 0.504 e. The van der Waals surface area contributed by atoms with E-state index >= 15 is 0 Å². The van der Waals surface area contributed by atoms with E-state index in [0.29, 0.717) is 18.2 Å². The van der Waals surface area contributed by atoms with Gasteiger partial charge in [-0.05, 0) is 87.8 Å². The summed E-state index contributed by atoms with van der Waals surface area (Å²) in [5.41, 5.74) is -1.79. The highest BCUT2D eigenvalue weighted by Crippen LogP contribution is 2.78. The first kappa shape index (κ1) is 44.1. The number of aliphatic carboxylic acids is 3. The zero-order valence-electron chi connectivity index (χ0n) is 35.4. The second kappa shape index (κ2) is 16.2. The number of aliphatic hydroxyl groups is 1. The van der Waals surface area contributed by atoms with Crippen LogP contribution < -0.4 is 4.74 Å². The molecular formula is C45H67NO12. The predicted octanol–water partition coefficient (Wildman–Crippen LogP) is 6.86. The molecular weight excluding hydrogens is 746 g/mol. The molecule has 324 valence electrons. The van der Waals surface area contributed by atoms with Gasteiger partial charge in [0.2, 0.25) is 5.60 Å². The number of rotatable bonds is 18. The molecule has 5 aliphatic carbocycles. The molecule has 0 aromatic heterocycles. The molecule has 5 N–H and O–H groups in total. The summed E-state index contributed by atoms with van der Waals surface area (Å²) in [6, 6.07) is 4.46. The first-order valence-corrected chi connectivity index (χ1v) is 21.7. The minimum Gasteiger partial charge on any atom is -0.504 e. The van der Waals surface area contributed by atoms with Crippen LogP contribution in [0, 0.1) is 22.7 Å². The Morgan fingerprint density at radius 3 is 2.12 bits per heavy atom. The number of hydrogen-bond acceptors (Lipinski definition) is 10. The van der Waals surface area contributed by atoms with Crippen LogP contribution in [0.2, 0.25) is 0 Å². The maximum Gasteiger partial charge on any atom is 0.349 e. The highest BCUT2D eigenvalue weighted by atomic mass is 16.6. The van der Waals surface area contributed by atoms with Crippen LogP contribution in [0.25, 0.3) is 0 Å². The number of phenolic OH excluding ortho intramolecular Hbond substituents is 1. The van der Waals surface area contributed by atoms with Gasteiger partial charge in [0.1, 0.15) is 11.7 Å².